The van der Waals surface area contributed by atoms with E-state index in [0.717, 1.165) is 38.0 Å². The molecule has 1 aliphatic heterocycles. The number of esters is 1. The molecule has 1 aliphatic carbocycles. The molecule has 5 heteroatoms. The fourth-order valence-corrected chi connectivity index (χ4v) is 5.00. The minimum absolute atomic E-state index is 0. The van der Waals surface area contributed by atoms with Gasteiger partial charge in [-0.3, -0.25) is 4.90 Å². The van der Waals surface area contributed by atoms with Gasteiger partial charge in [-0.15, -0.1) is 12.4 Å². The minimum Gasteiger partial charge on any atom is -0.425 e. The number of piperidine rings is 1. The molecule has 1 saturated heterocycles. The molecule has 0 bridgehead atoms. The molecule has 0 atom stereocenters. The van der Waals surface area contributed by atoms with Crippen LogP contribution in [0.2, 0.25) is 0 Å². The minimum atomic E-state index is -0.397. The number of fused-ring (bicyclic) bond motifs is 2. The number of methoxy groups -OCH3 is 1. The highest BCUT2D eigenvalue weighted by molar-refractivity contribution is 5.95. The molecule has 37 heavy (non-hydrogen) atoms. The third-order valence-corrected chi connectivity index (χ3v) is 6.74. The standard InChI is InChI=1S/C32H31NO3.ClH/c1-35-23-31(34)36-28-12-6-8-24(22-28)9-7-19-33-20-17-27(18-21-33)32-29-13-4-2-10-25(29)15-16-26-11-3-5-14-30(26)32;/h2-16,22H,17-21,23H2,1H3;1H/b9-7+;. The van der Waals surface area contributed by atoms with Gasteiger partial charge in [-0.05, 0) is 58.4 Å². The maximum Gasteiger partial charge on any atom is 0.337 e. The van der Waals surface area contributed by atoms with E-state index in [4.69, 9.17) is 9.47 Å². The number of carbonyl (C=O) groups is 1. The number of carbonyl (C=O) groups excluding carboxylic acids is 1. The summed E-state index contributed by atoms with van der Waals surface area (Å²) in [6.07, 6.45) is 10.9. The SMILES string of the molecule is COCC(=O)Oc1cccc(/C=C/CN2CCC(=C3c4ccccc4C=Cc4ccccc43)CC2)c1.Cl. The van der Waals surface area contributed by atoms with Gasteiger partial charge < -0.3 is 9.47 Å². The Bertz CT molecular complexity index is 1280. The smallest absolute Gasteiger partial charge is 0.337 e. The summed E-state index contributed by atoms with van der Waals surface area (Å²) in [5.74, 6) is 0.137. The van der Waals surface area contributed by atoms with Crippen LogP contribution in [0.5, 0.6) is 5.75 Å². The summed E-state index contributed by atoms with van der Waals surface area (Å²) in [7, 11) is 1.48. The van der Waals surface area contributed by atoms with Crippen LogP contribution in [0.1, 0.15) is 40.7 Å². The molecular weight excluding hydrogens is 482 g/mol. The third-order valence-electron chi connectivity index (χ3n) is 6.74. The average Bonchev–Trinajstić information content (AvgIpc) is 3.07. The molecule has 0 unspecified atom stereocenters. The van der Waals surface area contributed by atoms with Gasteiger partial charge in [0.15, 0.2) is 0 Å². The lowest BCUT2D eigenvalue weighted by molar-refractivity contribution is -0.138. The molecule has 0 radical (unpaired) electrons. The second-order valence-electron chi connectivity index (χ2n) is 9.17. The molecule has 3 aromatic carbocycles. The number of nitrogens with zero attached hydrogens (tertiary/aromatic N) is 1. The summed E-state index contributed by atoms with van der Waals surface area (Å²) >= 11 is 0. The number of hydrogen-bond acceptors (Lipinski definition) is 4. The van der Waals surface area contributed by atoms with Crippen molar-refractivity contribution in [2.24, 2.45) is 0 Å². The van der Waals surface area contributed by atoms with Crippen molar-refractivity contribution < 1.29 is 14.3 Å². The molecule has 0 N–H and O–H groups in total. The predicted molar refractivity (Wildman–Crippen MR) is 154 cm³/mol. The zero-order valence-corrected chi connectivity index (χ0v) is 21.9. The second-order valence-corrected chi connectivity index (χ2v) is 9.17. The number of benzene rings is 3. The zero-order valence-electron chi connectivity index (χ0n) is 21.1. The first-order valence-corrected chi connectivity index (χ1v) is 12.5. The molecule has 5 rings (SSSR count). The van der Waals surface area contributed by atoms with Crippen LogP contribution >= 0.6 is 12.4 Å². The van der Waals surface area contributed by atoms with Crippen LogP contribution in [0, 0.1) is 0 Å². The second kappa shape index (κ2) is 12.7. The van der Waals surface area contributed by atoms with E-state index in [9.17, 15) is 4.79 Å². The molecule has 2 aliphatic rings. The number of rotatable bonds is 6. The molecule has 190 valence electrons. The van der Waals surface area contributed by atoms with Crippen molar-refractivity contribution in [1.82, 2.24) is 4.90 Å². The highest BCUT2D eigenvalue weighted by atomic mass is 35.5. The summed E-state index contributed by atoms with van der Waals surface area (Å²) < 4.78 is 10.1. The normalized spacial score (nSPS) is 15.1. The highest BCUT2D eigenvalue weighted by Crippen LogP contribution is 2.38. The van der Waals surface area contributed by atoms with Gasteiger partial charge in [-0.2, -0.15) is 0 Å². The van der Waals surface area contributed by atoms with Gasteiger partial charge in [0.2, 0.25) is 0 Å². The van der Waals surface area contributed by atoms with Crippen LogP contribution in [0.4, 0.5) is 0 Å². The molecular formula is C32H32ClNO3. The van der Waals surface area contributed by atoms with Crippen LogP contribution in [0.15, 0.2) is 84.4 Å². The van der Waals surface area contributed by atoms with Gasteiger partial charge in [0.05, 0.1) is 0 Å². The van der Waals surface area contributed by atoms with E-state index in [1.54, 1.807) is 11.6 Å². The molecule has 0 spiro atoms. The van der Waals surface area contributed by atoms with E-state index in [1.165, 1.54) is 34.9 Å². The molecule has 0 saturated carbocycles. The Kier molecular flexibility index (Phi) is 9.13. The fraction of sp³-hybridized carbons (Fsp3) is 0.219. The van der Waals surface area contributed by atoms with Crippen molar-refractivity contribution >= 4 is 42.2 Å². The Morgan fingerprint density at radius 1 is 0.892 bits per heavy atom. The number of hydrogen-bond donors (Lipinski definition) is 0. The van der Waals surface area contributed by atoms with E-state index in [0.29, 0.717) is 5.75 Å². The van der Waals surface area contributed by atoms with E-state index >= 15 is 0 Å². The van der Waals surface area contributed by atoms with Gasteiger partial charge >= 0.3 is 5.97 Å². The van der Waals surface area contributed by atoms with E-state index in [-0.39, 0.29) is 19.0 Å². The Labute approximate surface area is 225 Å². The Morgan fingerprint density at radius 2 is 1.54 bits per heavy atom. The molecule has 0 aromatic heterocycles. The van der Waals surface area contributed by atoms with Crippen molar-refractivity contribution in [2.75, 3.05) is 33.4 Å². The van der Waals surface area contributed by atoms with Crippen LogP contribution in [0.3, 0.4) is 0 Å². The van der Waals surface area contributed by atoms with Crippen molar-refractivity contribution in [3.05, 3.63) is 112 Å². The Morgan fingerprint density at radius 3 is 2.19 bits per heavy atom. The van der Waals surface area contributed by atoms with Crippen LogP contribution in [-0.2, 0) is 9.53 Å². The first-order chi connectivity index (χ1) is 17.7. The van der Waals surface area contributed by atoms with Crippen molar-refractivity contribution in [1.29, 1.82) is 0 Å². The van der Waals surface area contributed by atoms with Crippen LogP contribution in [-0.4, -0.2) is 44.2 Å². The number of halogens is 1. The largest absolute Gasteiger partial charge is 0.425 e. The fourth-order valence-electron chi connectivity index (χ4n) is 5.00. The van der Waals surface area contributed by atoms with E-state index in [2.05, 4.69) is 77.7 Å². The highest BCUT2D eigenvalue weighted by Gasteiger charge is 2.22. The molecule has 1 fully saturated rings. The van der Waals surface area contributed by atoms with Gasteiger partial charge in [0.25, 0.3) is 0 Å². The molecule has 4 nitrogen and oxygen atoms in total. The number of ether oxygens (including phenoxy) is 2. The van der Waals surface area contributed by atoms with E-state index < -0.39 is 5.97 Å². The Hall–Kier alpha value is -3.44. The topological polar surface area (TPSA) is 38.8 Å². The van der Waals surface area contributed by atoms with E-state index in [1.807, 2.05) is 18.2 Å². The third kappa shape index (κ3) is 6.47. The van der Waals surface area contributed by atoms with Crippen LogP contribution < -0.4 is 4.74 Å². The quantitative estimate of drug-likeness (QED) is 0.211. The summed E-state index contributed by atoms with van der Waals surface area (Å²) in [4.78, 5) is 14.2. The van der Waals surface area contributed by atoms with Crippen LogP contribution in [0.25, 0.3) is 23.8 Å². The number of likely N-dealkylation sites (tertiary alicyclic amines) is 1. The van der Waals surface area contributed by atoms with Gasteiger partial charge in [0.1, 0.15) is 12.4 Å². The maximum absolute atomic E-state index is 11.7. The van der Waals surface area contributed by atoms with Crippen molar-refractivity contribution in [2.45, 2.75) is 12.8 Å². The van der Waals surface area contributed by atoms with Crippen molar-refractivity contribution in [3.63, 3.8) is 0 Å². The monoisotopic (exact) mass is 513 g/mol. The van der Waals surface area contributed by atoms with Crippen molar-refractivity contribution in [3.8, 4) is 5.75 Å². The van der Waals surface area contributed by atoms with Gasteiger partial charge in [-0.1, -0.05) is 90.5 Å². The molecule has 1 heterocycles. The lowest BCUT2D eigenvalue weighted by Crippen LogP contribution is -2.31. The predicted octanol–water partition coefficient (Wildman–Crippen LogP) is 6.76. The zero-order chi connectivity index (χ0) is 24.7. The summed E-state index contributed by atoms with van der Waals surface area (Å²) in [5, 5.41) is 0. The lowest BCUT2D eigenvalue weighted by atomic mass is 9.86. The first kappa shape index (κ1) is 26.6. The average molecular weight is 514 g/mol. The molecule has 0 amide bonds. The first-order valence-electron chi connectivity index (χ1n) is 12.5. The van der Waals surface area contributed by atoms with Gasteiger partial charge in [0, 0.05) is 26.7 Å². The molecule has 3 aromatic rings. The lowest BCUT2D eigenvalue weighted by Gasteiger charge is -2.29. The summed E-state index contributed by atoms with van der Waals surface area (Å²) in [6.45, 7) is 2.91. The van der Waals surface area contributed by atoms with Gasteiger partial charge in [-0.25, -0.2) is 4.79 Å². The Balaban J connectivity index is 0.00000320. The maximum atomic E-state index is 11.7. The summed E-state index contributed by atoms with van der Waals surface area (Å²) in [6, 6.07) is 25.1. The summed E-state index contributed by atoms with van der Waals surface area (Å²) in [5.41, 5.74) is 9.23.